The van der Waals surface area contributed by atoms with Crippen molar-refractivity contribution < 1.29 is 9.59 Å². The van der Waals surface area contributed by atoms with Crippen molar-refractivity contribution in [1.29, 1.82) is 0 Å². The van der Waals surface area contributed by atoms with Gasteiger partial charge in [-0.15, -0.1) is 0 Å². The van der Waals surface area contributed by atoms with Gasteiger partial charge in [0.2, 0.25) is 5.91 Å². The first-order valence-corrected chi connectivity index (χ1v) is 6.40. The molecule has 0 aliphatic carbocycles. The summed E-state index contributed by atoms with van der Waals surface area (Å²) in [5, 5.41) is 5.47. The van der Waals surface area contributed by atoms with Crippen LogP contribution >= 0.6 is 0 Å². The van der Waals surface area contributed by atoms with Crippen molar-refractivity contribution in [2.75, 3.05) is 11.9 Å². The van der Waals surface area contributed by atoms with E-state index in [0.717, 1.165) is 0 Å². The molecule has 5 nitrogen and oxygen atoms in total. The number of amides is 2. The van der Waals surface area contributed by atoms with Gasteiger partial charge in [0.1, 0.15) is 0 Å². The van der Waals surface area contributed by atoms with Gasteiger partial charge in [0, 0.05) is 23.8 Å². The molecule has 0 aromatic heterocycles. The Bertz CT molecular complexity index is 458. The van der Waals surface area contributed by atoms with Crippen molar-refractivity contribution in [2.24, 2.45) is 11.7 Å². The zero-order chi connectivity index (χ0) is 14.4. The summed E-state index contributed by atoms with van der Waals surface area (Å²) >= 11 is 0. The fourth-order valence-electron chi connectivity index (χ4n) is 1.50. The van der Waals surface area contributed by atoms with Crippen LogP contribution < -0.4 is 16.4 Å². The Labute approximate surface area is 113 Å². The first-order valence-electron chi connectivity index (χ1n) is 6.40. The highest BCUT2D eigenvalue weighted by atomic mass is 16.2. The van der Waals surface area contributed by atoms with Gasteiger partial charge < -0.3 is 16.4 Å². The molecule has 0 spiro atoms. The van der Waals surface area contributed by atoms with Crippen molar-refractivity contribution in [1.82, 2.24) is 5.32 Å². The van der Waals surface area contributed by atoms with Gasteiger partial charge in [-0.25, -0.2) is 0 Å². The molecule has 1 rings (SSSR count). The number of hydrogen-bond acceptors (Lipinski definition) is 3. The minimum absolute atomic E-state index is 0.150. The predicted octanol–water partition coefficient (Wildman–Crippen LogP) is 1.36. The average Bonchev–Trinajstić information content (AvgIpc) is 2.38. The second-order valence-corrected chi connectivity index (χ2v) is 4.58. The number of hydrogen-bond donors (Lipinski definition) is 3. The monoisotopic (exact) mass is 263 g/mol. The molecule has 0 aliphatic rings. The number of nitrogens with one attached hydrogen (secondary N) is 2. The van der Waals surface area contributed by atoms with Gasteiger partial charge >= 0.3 is 0 Å². The standard InChI is InChI=1S/C14H21N3O2/c1-4-16-14(19)11-6-5-7-12(8-11)17-13(18)9(2)10(3)15/h5-10H,4,15H2,1-3H3,(H,16,19)(H,17,18). The van der Waals surface area contributed by atoms with Crippen LogP contribution in [0.1, 0.15) is 31.1 Å². The van der Waals surface area contributed by atoms with E-state index in [-0.39, 0.29) is 23.8 Å². The molecule has 5 heteroatoms. The molecule has 0 radical (unpaired) electrons. The highest BCUT2D eigenvalue weighted by molar-refractivity contribution is 5.97. The lowest BCUT2D eigenvalue weighted by Crippen LogP contribution is -2.34. The van der Waals surface area contributed by atoms with Crippen molar-refractivity contribution >= 4 is 17.5 Å². The summed E-state index contributed by atoms with van der Waals surface area (Å²) < 4.78 is 0. The van der Waals surface area contributed by atoms with E-state index in [4.69, 9.17) is 5.73 Å². The third-order valence-corrected chi connectivity index (χ3v) is 2.93. The fraction of sp³-hybridized carbons (Fsp3) is 0.429. The Hall–Kier alpha value is -1.88. The predicted molar refractivity (Wildman–Crippen MR) is 75.9 cm³/mol. The molecule has 0 aliphatic heterocycles. The van der Waals surface area contributed by atoms with Crippen LogP contribution in [0.2, 0.25) is 0 Å². The van der Waals surface area contributed by atoms with Crippen LogP contribution in [0.5, 0.6) is 0 Å². The van der Waals surface area contributed by atoms with E-state index < -0.39 is 0 Å². The number of rotatable bonds is 5. The summed E-state index contributed by atoms with van der Waals surface area (Å²) in [6, 6.07) is 6.61. The average molecular weight is 263 g/mol. The highest BCUT2D eigenvalue weighted by Gasteiger charge is 2.17. The molecule has 0 fully saturated rings. The maximum atomic E-state index is 11.9. The van der Waals surface area contributed by atoms with Gasteiger partial charge in [0.15, 0.2) is 0 Å². The molecule has 0 bridgehead atoms. The lowest BCUT2D eigenvalue weighted by molar-refractivity contribution is -0.119. The van der Waals surface area contributed by atoms with Crippen LogP contribution in [0.25, 0.3) is 0 Å². The van der Waals surface area contributed by atoms with Gasteiger partial charge in [-0.3, -0.25) is 9.59 Å². The van der Waals surface area contributed by atoms with Crippen molar-refractivity contribution in [3.05, 3.63) is 29.8 Å². The summed E-state index contributed by atoms with van der Waals surface area (Å²) in [6.07, 6.45) is 0. The molecule has 19 heavy (non-hydrogen) atoms. The van der Waals surface area contributed by atoms with Crippen LogP contribution in [0, 0.1) is 5.92 Å². The molecule has 1 aromatic rings. The third kappa shape index (κ3) is 4.37. The second kappa shape index (κ2) is 6.89. The van der Waals surface area contributed by atoms with Crippen molar-refractivity contribution in [3.8, 4) is 0 Å². The second-order valence-electron chi connectivity index (χ2n) is 4.58. The molecular formula is C14H21N3O2. The molecule has 0 saturated heterocycles. The molecule has 2 atom stereocenters. The smallest absolute Gasteiger partial charge is 0.251 e. The molecule has 0 saturated carbocycles. The van der Waals surface area contributed by atoms with Crippen LogP contribution in [-0.2, 0) is 4.79 Å². The lowest BCUT2D eigenvalue weighted by atomic mass is 10.0. The fourth-order valence-corrected chi connectivity index (χ4v) is 1.50. The normalized spacial score (nSPS) is 13.5. The third-order valence-electron chi connectivity index (χ3n) is 2.93. The molecule has 2 amide bonds. The molecule has 2 unspecified atom stereocenters. The Balaban J connectivity index is 2.77. The number of anilines is 1. The van der Waals surface area contributed by atoms with E-state index in [2.05, 4.69) is 10.6 Å². The lowest BCUT2D eigenvalue weighted by Gasteiger charge is -2.15. The number of carbonyl (C=O) groups excluding carboxylic acids is 2. The van der Waals surface area contributed by atoms with E-state index in [1.54, 1.807) is 38.1 Å². The van der Waals surface area contributed by atoms with Gasteiger partial charge in [-0.1, -0.05) is 13.0 Å². The maximum absolute atomic E-state index is 11.9. The number of nitrogens with two attached hydrogens (primary N) is 1. The number of carbonyl (C=O) groups is 2. The van der Waals surface area contributed by atoms with E-state index in [1.165, 1.54) is 0 Å². The van der Waals surface area contributed by atoms with Gasteiger partial charge in [0.25, 0.3) is 5.91 Å². The maximum Gasteiger partial charge on any atom is 0.251 e. The quantitative estimate of drug-likeness (QED) is 0.750. The van der Waals surface area contributed by atoms with Gasteiger partial charge in [0.05, 0.1) is 5.92 Å². The number of benzene rings is 1. The minimum atomic E-state index is -0.284. The van der Waals surface area contributed by atoms with E-state index in [0.29, 0.717) is 17.8 Å². The first-order chi connectivity index (χ1) is 8.95. The van der Waals surface area contributed by atoms with Gasteiger partial charge in [-0.05, 0) is 32.0 Å². The van der Waals surface area contributed by atoms with E-state index in [9.17, 15) is 9.59 Å². The Morgan fingerprint density at radius 3 is 2.58 bits per heavy atom. The zero-order valence-electron chi connectivity index (χ0n) is 11.6. The van der Waals surface area contributed by atoms with E-state index in [1.807, 2.05) is 6.92 Å². The zero-order valence-corrected chi connectivity index (χ0v) is 11.6. The van der Waals surface area contributed by atoms with Crippen LogP contribution in [0.4, 0.5) is 5.69 Å². The van der Waals surface area contributed by atoms with Gasteiger partial charge in [-0.2, -0.15) is 0 Å². The van der Waals surface area contributed by atoms with Crippen molar-refractivity contribution in [2.45, 2.75) is 26.8 Å². The van der Waals surface area contributed by atoms with Crippen LogP contribution in [0.15, 0.2) is 24.3 Å². The minimum Gasteiger partial charge on any atom is -0.352 e. The summed E-state index contributed by atoms with van der Waals surface area (Å²) in [6.45, 7) is 5.98. The molecular weight excluding hydrogens is 242 g/mol. The molecule has 1 aromatic carbocycles. The van der Waals surface area contributed by atoms with Crippen LogP contribution in [0.3, 0.4) is 0 Å². The van der Waals surface area contributed by atoms with Crippen LogP contribution in [-0.4, -0.2) is 24.4 Å². The topological polar surface area (TPSA) is 84.2 Å². The SMILES string of the molecule is CCNC(=O)c1cccc(NC(=O)C(C)C(C)N)c1. The molecule has 104 valence electrons. The molecule has 4 N–H and O–H groups in total. The Morgan fingerprint density at radius 2 is 2.00 bits per heavy atom. The van der Waals surface area contributed by atoms with E-state index >= 15 is 0 Å². The Kier molecular flexibility index (Phi) is 5.51. The largest absolute Gasteiger partial charge is 0.352 e. The molecule has 0 heterocycles. The summed E-state index contributed by atoms with van der Waals surface area (Å²) in [7, 11) is 0. The summed E-state index contributed by atoms with van der Waals surface area (Å²) in [5.41, 5.74) is 6.80. The first kappa shape index (κ1) is 15.2. The Morgan fingerprint density at radius 1 is 1.32 bits per heavy atom. The summed E-state index contributed by atoms with van der Waals surface area (Å²) in [5.74, 6) is -0.588. The van der Waals surface area contributed by atoms with Crippen molar-refractivity contribution in [3.63, 3.8) is 0 Å². The highest BCUT2D eigenvalue weighted by Crippen LogP contribution is 2.13. The summed E-state index contributed by atoms with van der Waals surface area (Å²) in [4.78, 5) is 23.6.